The second-order valence-electron chi connectivity index (χ2n) is 4.44. The minimum absolute atomic E-state index is 0. The zero-order valence-corrected chi connectivity index (χ0v) is 15.0. The van der Waals surface area contributed by atoms with E-state index in [0.29, 0.717) is 5.56 Å². The van der Waals surface area contributed by atoms with E-state index in [-0.39, 0.29) is 33.8 Å². The monoisotopic (exact) mass is 411 g/mol. The highest BCUT2D eigenvalue weighted by Gasteiger charge is 2.16. The second kappa shape index (κ2) is 8.50. The van der Waals surface area contributed by atoms with Crippen molar-refractivity contribution < 1.29 is 18.4 Å². The summed E-state index contributed by atoms with van der Waals surface area (Å²) in [6.07, 6.45) is 1.23. The first kappa shape index (κ1) is 20.5. The first-order chi connectivity index (χ1) is 10.8. The van der Waals surface area contributed by atoms with Crippen molar-refractivity contribution in [1.29, 1.82) is 0 Å². The number of pyridine rings is 1. The molecule has 130 valence electrons. The lowest BCUT2D eigenvalue weighted by Crippen LogP contribution is -2.21. The van der Waals surface area contributed by atoms with E-state index in [1.807, 2.05) is 0 Å². The summed E-state index contributed by atoms with van der Waals surface area (Å²) < 4.78 is 26.7. The van der Waals surface area contributed by atoms with Gasteiger partial charge in [0.25, 0.3) is 5.91 Å². The van der Waals surface area contributed by atoms with Crippen molar-refractivity contribution in [3.8, 4) is 0 Å². The number of nitrogens with one attached hydrogen (secondary N) is 2. The van der Waals surface area contributed by atoms with E-state index >= 15 is 0 Å². The van der Waals surface area contributed by atoms with Gasteiger partial charge < -0.3 is 0 Å². The number of amides is 1. The van der Waals surface area contributed by atoms with Crippen molar-refractivity contribution in [2.75, 3.05) is 4.72 Å². The van der Waals surface area contributed by atoms with E-state index < -0.39 is 21.7 Å². The zero-order valence-electron chi connectivity index (χ0n) is 11.9. The van der Waals surface area contributed by atoms with Crippen LogP contribution >= 0.6 is 35.6 Å². The molecule has 0 saturated carbocycles. The molecule has 0 aliphatic heterocycles. The van der Waals surface area contributed by atoms with Gasteiger partial charge in [-0.25, -0.2) is 13.9 Å². The van der Waals surface area contributed by atoms with Crippen molar-refractivity contribution in [2.24, 2.45) is 0 Å². The van der Waals surface area contributed by atoms with E-state index in [1.165, 1.54) is 23.8 Å². The van der Waals surface area contributed by atoms with Gasteiger partial charge in [0.1, 0.15) is 5.69 Å². The molecule has 0 saturated heterocycles. The first-order valence-corrected chi connectivity index (χ1v) is 8.57. The third-order valence-corrected chi connectivity index (χ3v) is 4.84. The predicted molar refractivity (Wildman–Crippen MR) is 93.4 cm³/mol. The molecule has 24 heavy (non-hydrogen) atoms. The van der Waals surface area contributed by atoms with Gasteiger partial charge in [-0.1, -0.05) is 35.3 Å². The summed E-state index contributed by atoms with van der Waals surface area (Å²) in [7, 11) is -3.79. The summed E-state index contributed by atoms with van der Waals surface area (Å²) in [6.45, 7) is 0. The lowest BCUT2D eigenvalue weighted by atomic mass is 10.2. The topological polar surface area (TPSA) is 108 Å². The smallest absolute Gasteiger partial charge is 0.288 e. The highest BCUT2D eigenvalue weighted by molar-refractivity contribution is 7.91. The molecule has 0 spiro atoms. The largest absolute Gasteiger partial charge is 0.293 e. The van der Waals surface area contributed by atoms with Gasteiger partial charge in [0, 0.05) is 6.20 Å². The number of hydrogen-bond acceptors (Lipinski definition) is 5. The summed E-state index contributed by atoms with van der Waals surface area (Å²) in [6, 6.07) is 7.24. The number of sulfonamides is 1. The molecule has 7 nitrogen and oxygen atoms in total. The summed E-state index contributed by atoms with van der Waals surface area (Å²) in [4.78, 5) is 15.0. The van der Waals surface area contributed by atoms with E-state index in [9.17, 15) is 13.2 Å². The van der Waals surface area contributed by atoms with Crippen LogP contribution in [0, 0.1) is 0 Å². The molecule has 0 atom stereocenters. The zero-order chi connectivity index (χ0) is 17.0. The SMILES string of the molecule is Cl.O=C(NO)c1cc(NS(=O)(=O)Cc2cccc(Cl)c2Cl)ccn1. The molecular formula is C13H12Cl3N3O4S. The number of aromatic nitrogens is 1. The van der Waals surface area contributed by atoms with Gasteiger partial charge in [0.2, 0.25) is 10.0 Å². The molecule has 0 bridgehead atoms. The maximum atomic E-state index is 12.2. The van der Waals surface area contributed by atoms with Crippen molar-refractivity contribution in [1.82, 2.24) is 10.5 Å². The minimum Gasteiger partial charge on any atom is -0.288 e. The lowest BCUT2D eigenvalue weighted by molar-refractivity contribution is 0.0701. The van der Waals surface area contributed by atoms with Crippen molar-refractivity contribution in [3.63, 3.8) is 0 Å². The number of rotatable bonds is 5. The maximum Gasteiger partial charge on any atom is 0.293 e. The van der Waals surface area contributed by atoms with Crippen LogP contribution in [-0.2, 0) is 15.8 Å². The van der Waals surface area contributed by atoms with E-state index in [0.717, 1.165) is 0 Å². The Morgan fingerprint density at radius 1 is 1.25 bits per heavy atom. The summed E-state index contributed by atoms with van der Waals surface area (Å²) >= 11 is 11.8. The second-order valence-corrected chi connectivity index (χ2v) is 6.95. The number of benzene rings is 1. The van der Waals surface area contributed by atoms with Crippen LogP contribution in [0.5, 0.6) is 0 Å². The molecule has 0 aliphatic carbocycles. The number of anilines is 1. The number of halogens is 3. The molecule has 3 N–H and O–H groups in total. The summed E-state index contributed by atoms with van der Waals surface area (Å²) in [5.74, 6) is -1.25. The van der Waals surface area contributed by atoms with Gasteiger partial charge in [-0.05, 0) is 23.8 Å². The quantitative estimate of drug-likeness (QED) is 0.517. The molecular weight excluding hydrogens is 401 g/mol. The van der Waals surface area contributed by atoms with Gasteiger partial charge in [-0.15, -0.1) is 12.4 Å². The fourth-order valence-corrected chi connectivity index (χ4v) is 3.43. The van der Waals surface area contributed by atoms with Gasteiger partial charge >= 0.3 is 0 Å². The van der Waals surface area contributed by atoms with Gasteiger partial charge in [-0.2, -0.15) is 0 Å². The Morgan fingerprint density at radius 2 is 1.96 bits per heavy atom. The van der Waals surface area contributed by atoms with Crippen LogP contribution < -0.4 is 10.2 Å². The molecule has 11 heteroatoms. The van der Waals surface area contributed by atoms with Crippen LogP contribution in [-0.4, -0.2) is 24.5 Å². The average Bonchev–Trinajstić information content (AvgIpc) is 2.50. The Labute approximate surface area is 154 Å². The van der Waals surface area contributed by atoms with Gasteiger partial charge in [0.15, 0.2) is 0 Å². The summed E-state index contributed by atoms with van der Waals surface area (Å²) in [5, 5.41) is 8.97. The lowest BCUT2D eigenvalue weighted by Gasteiger charge is -2.10. The van der Waals surface area contributed by atoms with Crippen LogP contribution in [0.3, 0.4) is 0 Å². The molecule has 2 aromatic rings. The number of hydrogen-bond donors (Lipinski definition) is 3. The Balaban J connectivity index is 0.00000288. The van der Waals surface area contributed by atoms with Crippen LogP contribution in [0.15, 0.2) is 36.5 Å². The van der Waals surface area contributed by atoms with Crippen molar-refractivity contribution in [2.45, 2.75) is 5.75 Å². The molecule has 1 aromatic carbocycles. The van der Waals surface area contributed by atoms with Crippen LogP contribution in [0.2, 0.25) is 10.0 Å². The van der Waals surface area contributed by atoms with Crippen molar-refractivity contribution >= 4 is 57.2 Å². The van der Waals surface area contributed by atoms with Crippen molar-refractivity contribution in [3.05, 3.63) is 57.8 Å². The predicted octanol–water partition coefficient (Wildman–Crippen LogP) is 2.87. The molecule has 2 rings (SSSR count). The third-order valence-electron chi connectivity index (χ3n) is 2.74. The molecule has 0 radical (unpaired) electrons. The highest BCUT2D eigenvalue weighted by atomic mass is 35.5. The standard InChI is InChI=1S/C13H11Cl2N3O4S.ClH/c14-10-3-1-2-8(12(10)15)7-23(21,22)18-9-4-5-16-11(6-9)13(19)17-20;/h1-6,20H,7H2,(H,16,18)(H,17,19);1H. The Morgan fingerprint density at radius 3 is 2.62 bits per heavy atom. The summed E-state index contributed by atoms with van der Waals surface area (Å²) in [5.41, 5.74) is 1.73. The fourth-order valence-electron chi connectivity index (χ4n) is 1.76. The van der Waals surface area contributed by atoms with Gasteiger partial charge in [0.05, 0.1) is 21.5 Å². The molecule has 1 aromatic heterocycles. The Bertz CT molecular complexity index is 846. The van der Waals surface area contributed by atoms with E-state index in [2.05, 4.69) is 9.71 Å². The molecule has 1 amide bonds. The Kier molecular flexibility index (Phi) is 7.25. The minimum atomic E-state index is -3.79. The third kappa shape index (κ3) is 5.22. The molecule has 0 fully saturated rings. The first-order valence-electron chi connectivity index (χ1n) is 6.16. The molecule has 0 unspecified atom stereocenters. The number of carbonyl (C=O) groups excluding carboxylic acids is 1. The maximum absolute atomic E-state index is 12.2. The normalized spacial score (nSPS) is 10.6. The number of hydroxylamine groups is 1. The molecule has 1 heterocycles. The Hall–Kier alpha value is -1.58. The number of carbonyl (C=O) groups is 1. The van der Waals surface area contributed by atoms with Crippen LogP contribution in [0.1, 0.15) is 16.1 Å². The highest BCUT2D eigenvalue weighted by Crippen LogP contribution is 2.27. The number of nitrogens with zero attached hydrogens (tertiary/aromatic N) is 1. The van der Waals surface area contributed by atoms with Crippen LogP contribution in [0.4, 0.5) is 5.69 Å². The van der Waals surface area contributed by atoms with Gasteiger partial charge in [-0.3, -0.25) is 19.7 Å². The fraction of sp³-hybridized carbons (Fsp3) is 0.0769. The van der Waals surface area contributed by atoms with Crippen LogP contribution in [0.25, 0.3) is 0 Å². The van der Waals surface area contributed by atoms with E-state index in [4.69, 9.17) is 28.4 Å². The van der Waals surface area contributed by atoms with E-state index in [1.54, 1.807) is 18.2 Å². The molecule has 0 aliphatic rings. The average molecular weight is 413 g/mol.